The van der Waals surface area contributed by atoms with Gasteiger partial charge in [0.1, 0.15) is 0 Å². The summed E-state index contributed by atoms with van der Waals surface area (Å²) >= 11 is 1.86. The first-order valence-corrected chi connectivity index (χ1v) is 8.48. The normalized spacial score (nSPS) is 11.3. The summed E-state index contributed by atoms with van der Waals surface area (Å²) in [5, 5.41) is 0. The van der Waals surface area contributed by atoms with Gasteiger partial charge in [0.25, 0.3) is 0 Å². The zero-order valence-corrected chi connectivity index (χ0v) is 14.0. The number of hydrogen-bond acceptors (Lipinski definition) is 3. The van der Waals surface area contributed by atoms with E-state index in [0.29, 0.717) is 5.78 Å². The summed E-state index contributed by atoms with van der Waals surface area (Å²) in [5.74, 6) is 1.59. The monoisotopic (exact) mass is 293 g/mol. The first kappa shape index (κ1) is 17.3. The molecular weight excluding hydrogens is 266 g/mol. The fourth-order valence-corrected chi connectivity index (χ4v) is 3.02. The summed E-state index contributed by atoms with van der Waals surface area (Å²) in [6.07, 6.45) is 3.04. The molecule has 0 spiro atoms. The van der Waals surface area contributed by atoms with Crippen LogP contribution >= 0.6 is 11.8 Å². The molecule has 2 nitrogen and oxygen atoms in total. The molecule has 0 atom stereocenters. The SMILES string of the molecule is CCC(CC)C(=O)c1ccc(SCCCN(C)C)cc1. The molecule has 0 aliphatic heterocycles. The van der Waals surface area contributed by atoms with Crippen LogP contribution in [0, 0.1) is 5.92 Å². The molecule has 20 heavy (non-hydrogen) atoms. The molecule has 0 aliphatic carbocycles. The van der Waals surface area contributed by atoms with Crippen molar-refractivity contribution in [2.75, 3.05) is 26.4 Å². The lowest BCUT2D eigenvalue weighted by molar-refractivity contribution is 0.0913. The van der Waals surface area contributed by atoms with Crippen molar-refractivity contribution < 1.29 is 4.79 Å². The minimum absolute atomic E-state index is 0.175. The number of carbonyl (C=O) groups excluding carboxylic acids is 1. The Bertz CT molecular complexity index is 396. The first-order chi connectivity index (χ1) is 9.58. The summed E-state index contributed by atoms with van der Waals surface area (Å²) in [6.45, 7) is 5.29. The Morgan fingerprint density at radius 1 is 1.15 bits per heavy atom. The van der Waals surface area contributed by atoms with E-state index in [-0.39, 0.29) is 5.92 Å². The molecule has 0 unspecified atom stereocenters. The van der Waals surface area contributed by atoms with E-state index in [9.17, 15) is 4.79 Å². The number of ketones is 1. The van der Waals surface area contributed by atoms with Crippen LogP contribution in [0.4, 0.5) is 0 Å². The summed E-state index contributed by atoms with van der Waals surface area (Å²) < 4.78 is 0. The number of benzene rings is 1. The highest BCUT2D eigenvalue weighted by atomic mass is 32.2. The van der Waals surface area contributed by atoms with Crippen LogP contribution in [0.15, 0.2) is 29.2 Å². The maximum Gasteiger partial charge on any atom is 0.165 e. The highest BCUT2D eigenvalue weighted by Crippen LogP contribution is 2.21. The molecule has 0 aliphatic rings. The lowest BCUT2D eigenvalue weighted by atomic mass is 9.93. The molecule has 0 fully saturated rings. The van der Waals surface area contributed by atoms with Gasteiger partial charge in [-0.2, -0.15) is 0 Å². The van der Waals surface area contributed by atoms with Gasteiger partial charge in [0, 0.05) is 16.4 Å². The van der Waals surface area contributed by atoms with Gasteiger partial charge in [0.05, 0.1) is 0 Å². The first-order valence-electron chi connectivity index (χ1n) is 7.50. The molecule has 1 aromatic carbocycles. The van der Waals surface area contributed by atoms with Crippen LogP contribution in [-0.4, -0.2) is 37.1 Å². The Morgan fingerprint density at radius 2 is 1.75 bits per heavy atom. The van der Waals surface area contributed by atoms with E-state index in [0.717, 1.165) is 30.7 Å². The van der Waals surface area contributed by atoms with E-state index >= 15 is 0 Å². The van der Waals surface area contributed by atoms with E-state index in [4.69, 9.17) is 0 Å². The molecule has 0 amide bonds. The largest absolute Gasteiger partial charge is 0.309 e. The van der Waals surface area contributed by atoms with Crippen molar-refractivity contribution in [3.05, 3.63) is 29.8 Å². The molecule has 0 aromatic heterocycles. The van der Waals surface area contributed by atoms with Crippen molar-refractivity contribution in [1.82, 2.24) is 4.90 Å². The number of rotatable bonds is 9. The molecule has 1 aromatic rings. The summed E-state index contributed by atoms with van der Waals surface area (Å²) in [4.78, 5) is 15.7. The molecule has 1 rings (SSSR count). The summed E-state index contributed by atoms with van der Waals surface area (Å²) in [7, 11) is 4.20. The maximum absolute atomic E-state index is 12.2. The van der Waals surface area contributed by atoms with E-state index < -0.39 is 0 Å². The van der Waals surface area contributed by atoms with Crippen LogP contribution in [0.1, 0.15) is 43.5 Å². The quantitative estimate of drug-likeness (QED) is 0.383. The minimum Gasteiger partial charge on any atom is -0.309 e. The van der Waals surface area contributed by atoms with Gasteiger partial charge in [0.2, 0.25) is 0 Å². The third kappa shape index (κ3) is 5.68. The van der Waals surface area contributed by atoms with Gasteiger partial charge < -0.3 is 4.90 Å². The van der Waals surface area contributed by atoms with Crippen LogP contribution < -0.4 is 0 Å². The smallest absolute Gasteiger partial charge is 0.165 e. The van der Waals surface area contributed by atoms with Gasteiger partial charge in [-0.3, -0.25) is 4.79 Å². The Labute approximate surface area is 127 Å². The third-order valence-electron chi connectivity index (χ3n) is 3.51. The van der Waals surface area contributed by atoms with Crippen LogP contribution in [0.2, 0.25) is 0 Å². The molecule has 0 saturated carbocycles. The predicted molar refractivity (Wildman–Crippen MR) is 88.7 cm³/mol. The number of thioether (sulfide) groups is 1. The molecular formula is C17H27NOS. The van der Waals surface area contributed by atoms with E-state index in [2.05, 4.69) is 45.0 Å². The second kappa shape index (κ2) is 9.19. The Morgan fingerprint density at radius 3 is 2.25 bits per heavy atom. The minimum atomic E-state index is 0.175. The molecule has 0 saturated heterocycles. The zero-order valence-electron chi connectivity index (χ0n) is 13.2. The molecule has 0 heterocycles. The van der Waals surface area contributed by atoms with Crippen molar-refractivity contribution in [2.45, 2.75) is 38.0 Å². The van der Waals surface area contributed by atoms with Crippen LogP contribution in [-0.2, 0) is 0 Å². The van der Waals surface area contributed by atoms with E-state index in [1.165, 1.54) is 11.3 Å². The van der Waals surface area contributed by atoms with Gasteiger partial charge in [-0.1, -0.05) is 26.0 Å². The number of hydrogen-bond donors (Lipinski definition) is 0. The molecule has 112 valence electrons. The zero-order chi connectivity index (χ0) is 15.0. The van der Waals surface area contributed by atoms with Crippen molar-refractivity contribution in [1.29, 1.82) is 0 Å². The van der Waals surface area contributed by atoms with E-state index in [1.807, 2.05) is 23.9 Å². The van der Waals surface area contributed by atoms with Gasteiger partial charge in [0.15, 0.2) is 5.78 Å². The summed E-state index contributed by atoms with van der Waals surface area (Å²) in [6, 6.07) is 8.12. The fraction of sp³-hybridized carbons (Fsp3) is 0.588. The topological polar surface area (TPSA) is 20.3 Å². The van der Waals surface area contributed by atoms with Crippen LogP contribution in [0.5, 0.6) is 0 Å². The fourth-order valence-electron chi connectivity index (χ4n) is 2.18. The Hall–Kier alpha value is -0.800. The maximum atomic E-state index is 12.2. The molecule has 0 N–H and O–H groups in total. The number of Topliss-reactive ketones (excluding diaryl/α,β-unsaturated/α-hetero) is 1. The second-order valence-electron chi connectivity index (χ2n) is 5.41. The third-order valence-corrected chi connectivity index (χ3v) is 4.61. The second-order valence-corrected chi connectivity index (χ2v) is 6.58. The van der Waals surface area contributed by atoms with Gasteiger partial charge in [-0.15, -0.1) is 11.8 Å². The average molecular weight is 293 g/mol. The standard InChI is InChI=1S/C17H27NOS/c1-5-14(6-2)17(19)15-8-10-16(11-9-15)20-13-7-12-18(3)4/h8-11,14H,5-7,12-13H2,1-4H3. The number of carbonyl (C=O) groups is 1. The predicted octanol–water partition coefficient (Wildman–Crippen LogP) is 4.35. The molecule has 0 bridgehead atoms. The molecule has 0 radical (unpaired) electrons. The van der Waals surface area contributed by atoms with Crippen molar-refractivity contribution >= 4 is 17.5 Å². The van der Waals surface area contributed by atoms with E-state index in [1.54, 1.807) is 0 Å². The van der Waals surface area contributed by atoms with Crippen molar-refractivity contribution in [2.24, 2.45) is 5.92 Å². The lowest BCUT2D eigenvalue weighted by Crippen LogP contribution is -2.13. The van der Waals surface area contributed by atoms with Crippen molar-refractivity contribution in [3.63, 3.8) is 0 Å². The van der Waals surface area contributed by atoms with Gasteiger partial charge in [-0.05, 0) is 57.8 Å². The highest BCUT2D eigenvalue weighted by Gasteiger charge is 2.15. The Balaban J connectivity index is 2.49. The Kier molecular flexibility index (Phi) is 7.93. The van der Waals surface area contributed by atoms with Crippen LogP contribution in [0.3, 0.4) is 0 Å². The number of nitrogens with zero attached hydrogens (tertiary/aromatic N) is 1. The van der Waals surface area contributed by atoms with Gasteiger partial charge >= 0.3 is 0 Å². The summed E-state index contributed by atoms with van der Waals surface area (Å²) in [5.41, 5.74) is 0.858. The highest BCUT2D eigenvalue weighted by molar-refractivity contribution is 7.99. The lowest BCUT2D eigenvalue weighted by Gasteiger charge is -2.11. The van der Waals surface area contributed by atoms with Crippen LogP contribution in [0.25, 0.3) is 0 Å². The van der Waals surface area contributed by atoms with Gasteiger partial charge in [-0.25, -0.2) is 0 Å². The molecule has 3 heteroatoms. The average Bonchev–Trinajstić information content (AvgIpc) is 2.45. The van der Waals surface area contributed by atoms with Crippen molar-refractivity contribution in [3.8, 4) is 0 Å².